The predicted molar refractivity (Wildman–Crippen MR) is 42.0 cm³/mol. The Balaban J connectivity index is 2.45. The summed E-state index contributed by atoms with van der Waals surface area (Å²) in [6.07, 6.45) is 1.79. The smallest absolute Gasteiger partial charge is 0.189 e. The van der Waals surface area contributed by atoms with Gasteiger partial charge < -0.3 is 10.5 Å². The Hall–Kier alpha value is -0.480. The third-order valence-electron chi connectivity index (χ3n) is 2.06. The van der Waals surface area contributed by atoms with Crippen molar-refractivity contribution < 1.29 is 4.74 Å². The monoisotopic (exact) mass is 158 g/mol. The van der Waals surface area contributed by atoms with Crippen molar-refractivity contribution in [3.63, 3.8) is 0 Å². The molecule has 4 heteroatoms. The molecule has 64 valence electrons. The summed E-state index contributed by atoms with van der Waals surface area (Å²) in [5, 5.41) is 2.85. The van der Waals surface area contributed by atoms with Crippen molar-refractivity contribution in [1.29, 1.82) is 0 Å². The Morgan fingerprint density at radius 1 is 1.64 bits per heavy atom. The summed E-state index contributed by atoms with van der Waals surface area (Å²) in [7, 11) is 0. The molecular formula is C7H14N2O2. The first-order chi connectivity index (χ1) is 5.14. The molecule has 0 spiro atoms. The van der Waals surface area contributed by atoms with E-state index in [1.807, 2.05) is 6.92 Å². The largest absolute Gasteiger partial charge is 0.353 e. The van der Waals surface area contributed by atoms with Gasteiger partial charge >= 0.3 is 0 Å². The van der Waals surface area contributed by atoms with Crippen LogP contribution in [-0.4, -0.2) is 18.4 Å². The molecular weight excluding hydrogens is 144 g/mol. The number of hydrogen-bond acceptors (Lipinski definition) is 4. The molecule has 1 aliphatic heterocycles. The zero-order chi connectivity index (χ0) is 8.32. The fourth-order valence-electron chi connectivity index (χ4n) is 1.17. The van der Waals surface area contributed by atoms with Crippen LogP contribution in [0.5, 0.6) is 0 Å². The number of nitrogens with zero attached hydrogens (tertiary/aromatic N) is 1. The molecule has 0 aromatic rings. The van der Waals surface area contributed by atoms with Gasteiger partial charge in [0.2, 0.25) is 0 Å². The van der Waals surface area contributed by atoms with E-state index in [-0.39, 0.29) is 5.54 Å². The summed E-state index contributed by atoms with van der Waals surface area (Å²) < 4.78 is 5.13. The second kappa shape index (κ2) is 3.28. The summed E-state index contributed by atoms with van der Waals surface area (Å²) in [5.74, 6) is 0. The molecule has 1 saturated heterocycles. The van der Waals surface area contributed by atoms with Gasteiger partial charge in [-0.05, 0) is 31.4 Å². The van der Waals surface area contributed by atoms with Crippen LogP contribution in [0.15, 0.2) is 5.18 Å². The highest BCUT2D eigenvalue weighted by atomic mass is 16.5. The molecule has 0 amide bonds. The van der Waals surface area contributed by atoms with E-state index in [0.29, 0.717) is 13.0 Å². The molecule has 0 aromatic heterocycles. The van der Waals surface area contributed by atoms with E-state index in [2.05, 4.69) is 5.18 Å². The Labute approximate surface area is 66.1 Å². The third kappa shape index (κ3) is 2.55. The Kier molecular flexibility index (Phi) is 2.57. The van der Waals surface area contributed by atoms with Crippen LogP contribution in [0.3, 0.4) is 0 Å². The summed E-state index contributed by atoms with van der Waals surface area (Å²) >= 11 is 0. The summed E-state index contributed by atoms with van der Waals surface area (Å²) in [6.45, 7) is 2.52. The SMILES string of the molecule is C[C@]1(N)CCOC(N=O)CC1. The minimum atomic E-state index is -0.472. The zero-order valence-electron chi connectivity index (χ0n) is 6.75. The quantitative estimate of drug-likeness (QED) is 0.579. The van der Waals surface area contributed by atoms with E-state index in [1.165, 1.54) is 0 Å². The first-order valence-corrected chi connectivity index (χ1v) is 3.87. The summed E-state index contributed by atoms with van der Waals surface area (Å²) in [4.78, 5) is 10.1. The fraction of sp³-hybridized carbons (Fsp3) is 1.00. The molecule has 0 radical (unpaired) electrons. The predicted octanol–water partition coefficient (Wildman–Crippen LogP) is 0.997. The summed E-state index contributed by atoms with van der Waals surface area (Å²) in [5.41, 5.74) is 5.69. The van der Waals surface area contributed by atoms with Crippen LogP contribution in [0.2, 0.25) is 0 Å². The van der Waals surface area contributed by atoms with Gasteiger partial charge in [0.1, 0.15) is 0 Å². The molecule has 0 bridgehead atoms. The van der Waals surface area contributed by atoms with Crippen LogP contribution >= 0.6 is 0 Å². The molecule has 11 heavy (non-hydrogen) atoms. The Morgan fingerprint density at radius 2 is 2.36 bits per heavy atom. The van der Waals surface area contributed by atoms with Gasteiger partial charge in [0, 0.05) is 5.54 Å². The van der Waals surface area contributed by atoms with Gasteiger partial charge in [-0.1, -0.05) is 0 Å². The van der Waals surface area contributed by atoms with Gasteiger partial charge in [-0.2, -0.15) is 0 Å². The number of rotatable bonds is 1. The van der Waals surface area contributed by atoms with Crippen LogP contribution in [0, 0.1) is 4.91 Å². The molecule has 1 heterocycles. The fourth-order valence-corrected chi connectivity index (χ4v) is 1.17. The van der Waals surface area contributed by atoms with Crippen molar-refractivity contribution in [2.24, 2.45) is 10.9 Å². The van der Waals surface area contributed by atoms with Crippen LogP contribution in [0.4, 0.5) is 0 Å². The van der Waals surface area contributed by atoms with E-state index < -0.39 is 6.23 Å². The maximum atomic E-state index is 10.1. The van der Waals surface area contributed by atoms with E-state index in [9.17, 15) is 4.91 Å². The number of nitrogens with two attached hydrogens (primary N) is 1. The lowest BCUT2D eigenvalue weighted by Crippen LogP contribution is -2.35. The van der Waals surface area contributed by atoms with E-state index in [0.717, 1.165) is 12.8 Å². The maximum Gasteiger partial charge on any atom is 0.189 e. The highest BCUT2D eigenvalue weighted by Gasteiger charge is 2.25. The first-order valence-electron chi connectivity index (χ1n) is 3.87. The molecule has 2 atom stereocenters. The molecule has 1 rings (SSSR count). The standard InChI is InChI=1S/C7H14N2O2/c1-7(8)3-2-6(9-10)11-5-4-7/h6H,2-5,8H2,1H3/t6?,7-/m1/s1. The first kappa shape index (κ1) is 8.62. The topological polar surface area (TPSA) is 64.7 Å². The van der Waals surface area contributed by atoms with Crippen molar-refractivity contribution in [3.8, 4) is 0 Å². The van der Waals surface area contributed by atoms with Crippen LogP contribution in [0.25, 0.3) is 0 Å². The minimum Gasteiger partial charge on any atom is -0.353 e. The van der Waals surface area contributed by atoms with E-state index >= 15 is 0 Å². The second-order valence-corrected chi connectivity index (χ2v) is 3.37. The van der Waals surface area contributed by atoms with Gasteiger partial charge in [0.25, 0.3) is 0 Å². The van der Waals surface area contributed by atoms with Gasteiger partial charge in [0.15, 0.2) is 6.23 Å². The van der Waals surface area contributed by atoms with Crippen molar-refractivity contribution >= 4 is 0 Å². The molecule has 0 aromatic carbocycles. The molecule has 4 nitrogen and oxygen atoms in total. The van der Waals surface area contributed by atoms with Gasteiger partial charge in [-0.25, -0.2) is 0 Å². The van der Waals surface area contributed by atoms with Crippen LogP contribution in [0.1, 0.15) is 26.2 Å². The minimum absolute atomic E-state index is 0.181. The van der Waals surface area contributed by atoms with Gasteiger partial charge in [0.05, 0.1) is 6.61 Å². The number of ether oxygens (including phenoxy) is 1. The third-order valence-corrected chi connectivity index (χ3v) is 2.06. The Morgan fingerprint density at radius 3 is 3.00 bits per heavy atom. The molecule has 0 saturated carbocycles. The molecule has 1 fully saturated rings. The zero-order valence-corrected chi connectivity index (χ0v) is 6.75. The normalized spacial score (nSPS) is 39.6. The van der Waals surface area contributed by atoms with Crippen LogP contribution in [-0.2, 0) is 4.74 Å². The summed E-state index contributed by atoms with van der Waals surface area (Å²) in [6, 6.07) is 0. The molecule has 2 N–H and O–H groups in total. The number of nitroso groups, excluding NO2 is 1. The maximum absolute atomic E-state index is 10.1. The van der Waals surface area contributed by atoms with Crippen LogP contribution < -0.4 is 5.73 Å². The molecule has 0 aliphatic carbocycles. The average Bonchev–Trinajstić information content (AvgIpc) is 2.10. The van der Waals surface area contributed by atoms with E-state index in [4.69, 9.17) is 10.5 Å². The van der Waals surface area contributed by atoms with Crippen molar-refractivity contribution in [1.82, 2.24) is 0 Å². The lowest BCUT2D eigenvalue weighted by Gasteiger charge is -2.20. The van der Waals surface area contributed by atoms with E-state index in [1.54, 1.807) is 0 Å². The van der Waals surface area contributed by atoms with Gasteiger partial charge in [-0.3, -0.25) is 0 Å². The molecule has 1 aliphatic rings. The second-order valence-electron chi connectivity index (χ2n) is 3.37. The lowest BCUT2D eigenvalue weighted by molar-refractivity contribution is 0.0630. The van der Waals surface area contributed by atoms with Crippen molar-refractivity contribution in [2.75, 3.05) is 6.61 Å². The van der Waals surface area contributed by atoms with Gasteiger partial charge in [-0.15, -0.1) is 4.91 Å². The van der Waals surface area contributed by atoms with Crippen molar-refractivity contribution in [2.45, 2.75) is 38.0 Å². The highest BCUT2D eigenvalue weighted by Crippen LogP contribution is 2.21. The highest BCUT2D eigenvalue weighted by molar-refractivity contribution is 4.81. The molecule has 1 unspecified atom stereocenters. The Bertz CT molecular complexity index is 147. The van der Waals surface area contributed by atoms with Crippen molar-refractivity contribution in [3.05, 3.63) is 4.91 Å². The number of hydrogen-bond donors (Lipinski definition) is 1. The lowest BCUT2D eigenvalue weighted by atomic mass is 9.94. The average molecular weight is 158 g/mol.